The molecule has 0 saturated heterocycles. The minimum absolute atomic E-state index is 0.112. The van der Waals surface area contributed by atoms with E-state index in [0.717, 1.165) is 57.1 Å². The van der Waals surface area contributed by atoms with E-state index in [1.807, 2.05) is 25.2 Å². The number of imidazole rings is 1. The van der Waals surface area contributed by atoms with E-state index in [-0.39, 0.29) is 12.5 Å². The first-order valence-corrected chi connectivity index (χ1v) is 14.2. The summed E-state index contributed by atoms with van der Waals surface area (Å²) in [6, 6.07) is 11.6. The van der Waals surface area contributed by atoms with Crippen molar-refractivity contribution in [2.75, 3.05) is 26.4 Å². The molecule has 1 aliphatic heterocycles. The lowest BCUT2D eigenvalue weighted by molar-refractivity contribution is 0.0725. The number of aryl methyl sites for hydroxylation is 1. The van der Waals surface area contributed by atoms with Gasteiger partial charge in [0.25, 0.3) is 5.91 Å². The van der Waals surface area contributed by atoms with Gasteiger partial charge in [0.15, 0.2) is 12.2 Å². The number of oxazole rings is 1. The number of nitrogens with two attached hydrogens (primary N) is 1. The summed E-state index contributed by atoms with van der Waals surface area (Å²) < 4.78 is 29.2. The van der Waals surface area contributed by atoms with Gasteiger partial charge >= 0.3 is 0 Å². The molecular weight excluding hydrogens is 523 g/mol. The van der Waals surface area contributed by atoms with Crippen LogP contribution in [0.2, 0.25) is 0 Å². The number of hydrogen-bond acceptors (Lipinski definition) is 6. The van der Waals surface area contributed by atoms with Gasteiger partial charge in [0, 0.05) is 44.1 Å². The average Bonchev–Trinajstić information content (AvgIpc) is 3.35. The summed E-state index contributed by atoms with van der Waals surface area (Å²) in [5.41, 5.74) is 11.2. The molecule has 41 heavy (non-hydrogen) atoms. The maximum absolute atomic E-state index is 13.3. The van der Waals surface area contributed by atoms with Crippen LogP contribution in [0.5, 0.6) is 5.75 Å². The minimum atomic E-state index is -0.671. The van der Waals surface area contributed by atoms with Gasteiger partial charge in [0.2, 0.25) is 0 Å². The van der Waals surface area contributed by atoms with Crippen LogP contribution in [-0.2, 0) is 26.4 Å². The second-order valence-corrected chi connectivity index (χ2v) is 11.3. The molecule has 2 N–H and O–H groups in total. The zero-order valence-corrected chi connectivity index (χ0v) is 23.1. The van der Waals surface area contributed by atoms with E-state index in [1.165, 1.54) is 19.2 Å². The van der Waals surface area contributed by atoms with Crippen LogP contribution in [0.25, 0.3) is 33.5 Å². The highest BCUT2D eigenvalue weighted by Gasteiger charge is 2.29. The Bertz CT molecular complexity index is 1740. The third kappa shape index (κ3) is 4.76. The molecule has 7 rings (SSSR count). The van der Waals surface area contributed by atoms with E-state index >= 15 is 0 Å². The molecule has 1 atom stereocenters. The topological polar surface area (TPSA) is 104 Å². The van der Waals surface area contributed by atoms with E-state index in [9.17, 15) is 9.18 Å². The fourth-order valence-electron chi connectivity index (χ4n) is 5.92. The lowest BCUT2D eigenvalue weighted by atomic mass is 9.97. The summed E-state index contributed by atoms with van der Waals surface area (Å²) in [7, 11) is 2.03. The van der Waals surface area contributed by atoms with E-state index < -0.39 is 12.7 Å². The zero-order valence-electron chi connectivity index (χ0n) is 23.1. The quantitative estimate of drug-likeness (QED) is 0.272. The number of nitrogens with zero attached hydrogens (tertiary/aromatic N) is 5. The Morgan fingerprint density at radius 3 is 2.90 bits per heavy atom. The van der Waals surface area contributed by atoms with Crippen LogP contribution in [0.4, 0.5) is 4.39 Å². The van der Waals surface area contributed by atoms with E-state index in [0.29, 0.717) is 37.5 Å². The Morgan fingerprint density at radius 2 is 2.12 bits per heavy atom. The molecule has 0 spiro atoms. The van der Waals surface area contributed by atoms with Crippen LogP contribution >= 0.6 is 0 Å². The van der Waals surface area contributed by atoms with Crippen molar-refractivity contribution in [2.24, 2.45) is 18.7 Å². The van der Waals surface area contributed by atoms with Gasteiger partial charge in [-0.2, -0.15) is 0 Å². The second-order valence-electron chi connectivity index (χ2n) is 11.3. The molecule has 1 unspecified atom stereocenters. The third-order valence-electron chi connectivity index (χ3n) is 8.27. The molecule has 5 aromatic rings. The summed E-state index contributed by atoms with van der Waals surface area (Å²) >= 11 is 0. The van der Waals surface area contributed by atoms with Crippen molar-refractivity contribution >= 4 is 27.8 Å². The standard InChI is InChI=1S/C31H33FN6O3/c1-36-26-11-20-7-9-37(17-22(33)14-32)31(39)24(20)13-25(26)35-30(36)27-12-21-3-2-4-28(29(21)38(27)16-19-5-6-19)40-10-8-23-15-34-18-41-23/h2-4,11-13,15,18-19,22H,5-10,14,16-17,33H2,1H3. The van der Waals surface area contributed by atoms with Gasteiger partial charge in [-0.3, -0.25) is 4.79 Å². The van der Waals surface area contributed by atoms with Gasteiger partial charge in [-0.1, -0.05) is 12.1 Å². The molecule has 1 aliphatic carbocycles. The fraction of sp³-hybridized carbons (Fsp3) is 0.387. The number of hydrogen-bond donors (Lipinski definition) is 1. The Balaban J connectivity index is 1.27. The Morgan fingerprint density at radius 1 is 1.24 bits per heavy atom. The number of amides is 1. The SMILES string of the molecule is Cn1c(-c2cc3cccc(OCCc4cnco4)c3n2CC2CC2)nc2cc3c(cc21)CCN(CC(N)CF)C3=O. The number of halogens is 1. The third-order valence-corrected chi connectivity index (χ3v) is 8.27. The first-order valence-electron chi connectivity index (χ1n) is 14.2. The van der Waals surface area contributed by atoms with Crippen molar-refractivity contribution in [3.05, 3.63) is 65.9 Å². The molecular formula is C31H33FN6O3. The highest BCUT2D eigenvalue weighted by atomic mass is 19.1. The molecule has 1 saturated carbocycles. The van der Waals surface area contributed by atoms with Crippen LogP contribution in [0.1, 0.15) is 34.5 Å². The number of fused-ring (bicyclic) bond motifs is 3. The number of carbonyl (C=O) groups is 1. The molecule has 4 heterocycles. The van der Waals surface area contributed by atoms with E-state index in [4.69, 9.17) is 19.9 Å². The number of para-hydroxylation sites is 1. The minimum Gasteiger partial charge on any atom is -0.491 e. The van der Waals surface area contributed by atoms with Gasteiger partial charge in [-0.05, 0) is 55.0 Å². The molecule has 1 amide bonds. The van der Waals surface area contributed by atoms with Crippen LogP contribution in [0, 0.1) is 5.92 Å². The van der Waals surface area contributed by atoms with Crippen LogP contribution in [-0.4, -0.2) is 62.3 Å². The largest absolute Gasteiger partial charge is 0.491 e. The maximum Gasteiger partial charge on any atom is 0.254 e. The van der Waals surface area contributed by atoms with Gasteiger partial charge in [0.1, 0.15) is 18.2 Å². The van der Waals surface area contributed by atoms with Crippen molar-refractivity contribution in [3.8, 4) is 17.3 Å². The summed E-state index contributed by atoms with van der Waals surface area (Å²) in [5.74, 6) is 2.99. The lowest BCUT2D eigenvalue weighted by Gasteiger charge is -2.30. The highest BCUT2D eigenvalue weighted by molar-refractivity contribution is 6.01. The fourth-order valence-corrected chi connectivity index (χ4v) is 5.92. The molecule has 2 aromatic carbocycles. The number of carbonyl (C=O) groups excluding carboxylic acids is 1. The molecule has 9 nitrogen and oxygen atoms in total. The average molecular weight is 557 g/mol. The van der Waals surface area contributed by atoms with Crippen molar-refractivity contribution < 1.29 is 18.3 Å². The van der Waals surface area contributed by atoms with Crippen molar-refractivity contribution in [1.29, 1.82) is 0 Å². The summed E-state index contributed by atoms with van der Waals surface area (Å²) in [5, 5.41) is 1.10. The smallest absolute Gasteiger partial charge is 0.254 e. The lowest BCUT2D eigenvalue weighted by Crippen LogP contribution is -2.45. The predicted octanol–water partition coefficient (Wildman–Crippen LogP) is 4.51. The molecule has 10 heteroatoms. The van der Waals surface area contributed by atoms with Gasteiger partial charge in [-0.15, -0.1) is 0 Å². The van der Waals surface area contributed by atoms with Crippen LogP contribution < -0.4 is 10.5 Å². The summed E-state index contributed by atoms with van der Waals surface area (Å²) in [4.78, 5) is 24.0. The Labute approximate surface area is 236 Å². The Kier molecular flexibility index (Phi) is 6.50. The van der Waals surface area contributed by atoms with Crippen LogP contribution in [0.15, 0.2) is 53.4 Å². The van der Waals surface area contributed by atoms with E-state index in [1.54, 1.807) is 11.1 Å². The van der Waals surface area contributed by atoms with Gasteiger partial charge in [-0.25, -0.2) is 14.4 Å². The molecule has 2 aliphatic rings. The Hall–Kier alpha value is -4.18. The monoisotopic (exact) mass is 556 g/mol. The van der Waals surface area contributed by atoms with E-state index in [2.05, 4.69) is 32.3 Å². The number of benzene rings is 2. The van der Waals surface area contributed by atoms with Gasteiger partial charge in [0.05, 0.1) is 41.1 Å². The van der Waals surface area contributed by atoms with Crippen molar-refractivity contribution in [3.63, 3.8) is 0 Å². The highest BCUT2D eigenvalue weighted by Crippen LogP contribution is 2.39. The number of rotatable bonds is 10. The summed E-state index contributed by atoms with van der Waals surface area (Å²) in [6.07, 6.45) is 6.92. The molecule has 212 valence electrons. The summed E-state index contributed by atoms with van der Waals surface area (Å²) in [6.45, 7) is 1.47. The molecule has 3 aromatic heterocycles. The first kappa shape index (κ1) is 25.8. The van der Waals surface area contributed by atoms with Crippen molar-refractivity contribution in [2.45, 2.75) is 38.3 Å². The normalized spacial score (nSPS) is 16.1. The second kappa shape index (κ2) is 10.3. The number of alkyl halides is 1. The number of aromatic nitrogens is 4. The molecule has 1 fully saturated rings. The number of ether oxygens (including phenoxy) is 1. The van der Waals surface area contributed by atoms with Crippen molar-refractivity contribution in [1.82, 2.24) is 24.0 Å². The zero-order chi connectivity index (χ0) is 28.1. The predicted molar refractivity (Wildman–Crippen MR) is 154 cm³/mol. The van der Waals surface area contributed by atoms with Crippen LogP contribution in [0.3, 0.4) is 0 Å². The van der Waals surface area contributed by atoms with Gasteiger partial charge < -0.3 is 28.9 Å². The first-order chi connectivity index (χ1) is 20.0. The maximum atomic E-state index is 13.3. The molecule has 0 bridgehead atoms. The molecule has 0 radical (unpaired) electrons.